The van der Waals surface area contributed by atoms with Crippen molar-refractivity contribution in [1.82, 2.24) is 0 Å². The maximum Gasteiger partial charge on any atom is 0.0125 e. The van der Waals surface area contributed by atoms with Gasteiger partial charge in [0.1, 0.15) is 0 Å². The summed E-state index contributed by atoms with van der Waals surface area (Å²) >= 11 is 4.56. The highest BCUT2D eigenvalue weighted by Gasteiger charge is 2.05. The average Bonchev–Trinajstić information content (AvgIpc) is 2.29. The Kier molecular flexibility index (Phi) is 2.15. The third-order valence-corrected chi connectivity index (χ3v) is 3.44. The molecule has 3 rings (SSSR count). The number of benzene rings is 3. The predicted molar refractivity (Wildman–Crippen MR) is 73.4 cm³/mol. The Morgan fingerprint density at radius 1 is 0.875 bits per heavy atom. The van der Waals surface area contributed by atoms with Crippen molar-refractivity contribution in [3.8, 4) is 0 Å². The first-order valence-corrected chi connectivity index (χ1v) is 5.82. The molecule has 0 saturated heterocycles. The summed E-state index contributed by atoms with van der Waals surface area (Å²) in [7, 11) is 0. The Morgan fingerprint density at radius 3 is 2.44 bits per heavy atom. The molecule has 0 heterocycles. The van der Waals surface area contributed by atoms with Crippen molar-refractivity contribution in [1.29, 1.82) is 0 Å². The molecule has 0 nitrogen and oxygen atoms in total. The van der Waals surface area contributed by atoms with E-state index in [-0.39, 0.29) is 0 Å². The van der Waals surface area contributed by atoms with E-state index in [1.54, 1.807) is 0 Å². The highest BCUT2D eigenvalue weighted by atomic mass is 32.1. The summed E-state index contributed by atoms with van der Waals surface area (Å²) in [4.78, 5) is 1.05. The van der Waals surface area contributed by atoms with Gasteiger partial charge in [0, 0.05) is 4.90 Å². The summed E-state index contributed by atoms with van der Waals surface area (Å²) in [6, 6.07) is 17.0. The van der Waals surface area contributed by atoms with Crippen molar-refractivity contribution < 1.29 is 0 Å². The van der Waals surface area contributed by atoms with Gasteiger partial charge >= 0.3 is 0 Å². The van der Waals surface area contributed by atoms with E-state index < -0.39 is 0 Å². The summed E-state index contributed by atoms with van der Waals surface area (Å²) in [5.41, 5.74) is 1.32. The molecular weight excluding hydrogens is 212 g/mol. The van der Waals surface area contributed by atoms with Crippen LogP contribution < -0.4 is 0 Å². The zero-order valence-electron chi connectivity index (χ0n) is 9.07. The summed E-state index contributed by atoms with van der Waals surface area (Å²) in [5, 5.41) is 5.13. The van der Waals surface area contributed by atoms with Gasteiger partial charge in [0.15, 0.2) is 0 Å². The molecule has 0 radical (unpaired) electrons. The van der Waals surface area contributed by atoms with Crippen LogP contribution in [-0.4, -0.2) is 0 Å². The van der Waals surface area contributed by atoms with E-state index >= 15 is 0 Å². The highest BCUT2D eigenvalue weighted by molar-refractivity contribution is 7.80. The first kappa shape index (κ1) is 9.73. The molecule has 0 fully saturated rings. The molecule has 3 aromatic rings. The van der Waals surface area contributed by atoms with Gasteiger partial charge in [-0.25, -0.2) is 0 Å². The van der Waals surface area contributed by atoms with Crippen LogP contribution in [0.15, 0.2) is 53.4 Å². The van der Waals surface area contributed by atoms with Crippen molar-refractivity contribution >= 4 is 34.2 Å². The number of hydrogen-bond donors (Lipinski definition) is 1. The van der Waals surface area contributed by atoms with Gasteiger partial charge in [-0.2, -0.15) is 0 Å². The zero-order chi connectivity index (χ0) is 11.1. The fourth-order valence-corrected chi connectivity index (χ4v) is 2.66. The maximum absolute atomic E-state index is 4.56. The van der Waals surface area contributed by atoms with Gasteiger partial charge in [0.05, 0.1) is 0 Å². The van der Waals surface area contributed by atoms with Gasteiger partial charge in [0.2, 0.25) is 0 Å². The van der Waals surface area contributed by atoms with Crippen LogP contribution in [0, 0.1) is 6.92 Å². The lowest BCUT2D eigenvalue weighted by molar-refractivity contribution is 1.52. The lowest BCUT2D eigenvalue weighted by atomic mass is 9.98. The summed E-state index contributed by atoms with van der Waals surface area (Å²) in [6.45, 7) is 2.16. The maximum atomic E-state index is 4.56. The number of thiol groups is 1. The van der Waals surface area contributed by atoms with Crippen LogP contribution in [0.2, 0.25) is 0 Å². The van der Waals surface area contributed by atoms with E-state index in [1.807, 2.05) is 0 Å². The lowest BCUT2D eigenvalue weighted by Gasteiger charge is -2.08. The van der Waals surface area contributed by atoms with Crippen LogP contribution in [0.4, 0.5) is 0 Å². The molecule has 0 saturated carbocycles. The third-order valence-electron chi connectivity index (χ3n) is 3.07. The average molecular weight is 224 g/mol. The monoisotopic (exact) mass is 224 g/mol. The van der Waals surface area contributed by atoms with Crippen molar-refractivity contribution in [2.75, 3.05) is 0 Å². The minimum atomic E-state index is 1.05. The van der Waals surface area contributed by atoms with E-state index in [0.717, 1.165) is 4.90 Å². The van der Waals surface area contributed by atoms with Gasteiger partial charge in [-0.15, -0.1) is 12.6 Å². The zero-order valence-corrected chi connectivity index (χ0v) is 9.96. The number of aryl methyl sites for hydroxylation is 1. The van der Waals surface area contributed by atoms with Crippen LogP contribution in [-0.2, 0) is 0 Å². The quantitative estimate of drug-likeness (QED) is 0.419. The fourth-order valence-electron chi connectivity index (χ4n) is 2.33. The Labute approximate surface area is 100 Å². The number of fused-ring (bicyclic) bond motifs is 3. The standard InChI is InChI=1S/C15H12S/c1-10-5-4-6-11-9-14(16)12-7-2-3-8-13(12)15(10)11/h2-9,16H,1H3. The van der Waals surface area contributed by atoms with Crippen molar-refractivity contribution in [2.45, 2.75) is 11.8 Å². The second-order valence-electron chi connectivity index (χ2n) is 4.11. The molecule has 0 aliphatic heterocycles. The van der Waals surface area contributed by atoms with E-state index in [0.29, 0.717) is 0 Å². The molecule has 0 aliphatic carbocycles. The third kappa shape index (κ3) is 1.32. The SMILES string of the molecule is Cc1cccc2cc(S)c3ccccc3c12. The molecule has 0 spiro atoms. The molecule has 0 amide bonds. The van der Waals surface area contributed by atoms with Crippen LogP contribution in [0.25, 0.3) is 21.5 Å². The molecule has 1 heteroatoms. The number of rotatable bonds is 0. The molecule has 0 N–H and O–H groups in total. The summed E-state index contributed by atoms with van der Waals surface area (Å²) < 4.78 is 0. The Bertz CT molecular complexity index is 683. The van der Waals surface area contributed by atoms with E-state index in [4.69, 9.17) is 0 Å². The molecule has 3 aromatic carbocycles. The minimum Gasteiger partial charge on any atom is -0.143 e. The number of hydrogen-bond acceptors (Lipinski definition) is 1. The molecular formula is C15H12S. The molecule has 0 atom stereocenters. The molecule has 0 bridgehead atoms. The largest absolute Gasteiger partial charge is 0.143 e. The topological polar surface area (TPSA) is 0 Å². The predicted octanol–water partition coefficient (Wildman–Crippen LogP) is 4.59. The van der Waals surface area contributed by atoms with Crippen LogP contribution in [0.3, 0.4) is 0 Å². The van der Waals surface area contributed by atoms with Crippen molar-refractivity contribution in [2.24, 2.45) is 0 Å². The van der Waals surface area contributed by atoms with Gasteiger partial charge < -0.3 is 0 Å². The first-order chi connectivity index (χ1) is 7.77. The Balaban J connectivity index is 2.67. The summed E-state index contributed by atoms with van der Waals surface area (Å²) in [6.07, 6.45) is 0. The van der Waals surface area contributed by atoms with Crippen LogP contribution in [0.1, 0.15) is 5.56 Å². The fraction of sp³-hybridized carbons (Fsp3) is 0.0667. The second-order valence-corrected chi connectivity index (χ2v) is 4.60. The smallest absolute Gasteiger partial charge is 0.0125 e. The van der Waals surface area contributed by atoms with Crippen LogP contribution in [0.5, 0.6) is 0 Å². The highest BCUT2D eigenvalue weighted by Crippen LogP contribution is 2.32. The minimum absolute atomic E-state index is 1.05. The van der Waals surface area contributed by atoms with Crippen LogP contribution >= 0.6 is 12.6 Å². The molecule has 78 valence electrons. The molecule has 0 aliphatic rings. The van der Waals surface area contributed by atoms with Gasteiger partial charge in [-0.05, 0) is 40.1 Å². The normalized spacial score (nSPS) is 11.1. The first-order valence-electron chi connectivity index (χ1n) is 5.37. The molecule has 0 aromatic heterocycles. The van der Waals surface area contributed by atoms with Crippen molar-refractivity contribution in [3.63, 3.8) is 0 Å². The Hall–Kier alpha value is -1.47. The van der Waals surface area contributed by atoms with E-state index in [9.17, 15) is 0 Å². The van der Waals surface area contributed by atoms with Gasteiger partial charge in [-0.3, -0.25) is 0 Å². The van der Waals surface area contributed by atoms with E-state index in [1.165, 1.54) is 27.1 Å². The lowest BCUT2D eigenvalue weighted by Crippen LogP contribution is -1.83. The molecule has 16 heavy (non-hydrogen) atoms. The van der Waals surface area contributed by atoms with Gasteiger partial charge in [-0.1, -0.05) is 42.5 Å². The summed E-state index contributed by atoms with van der Waals surface area (Å²) in [5.74, 6) is 0. The van der Waals surface area contributed by atoms with Crippen molar-refractivity contribution in [3.05, 3.63) is 54.1 Å². The van der Waals surface area contributed by atoms with Gasteiger partial charge in [0.25, 0.3) is 0 Å². The second kappa shape index (κ2) is 3.53. The molecule has 0 unspecified atom stereocenters. The Morgan fingerprint density at radius 2 is 1.62 bits per heavy atom. The van der Waals surface area contributed by atoms with E-state index in [2.05, 4.69) is 68.1 Å².